The highest BCUT2D eigenvalue weighted by molar-refractivity contribution is 4.82. The molecule has 11 heavy (non-hydrogen) atoms. The molecular weight excluding hydrogens is 171 g/mol. The Hall–Kier alpha value is -0.390. The summed E-state index contributed by atoms with van der Waals surface area (Å²) < 4.78 is 58.0. The maximum atomic E-state index is 11.9. The predicted octanol–water partition coefficient (Wildman–Crippen LogP) is 1.95. The molecule has 0 spiro atoms. The summed E-state index contributed by atoms with van der Waals surface area (Å²) in [4.78, 5) is 0. The molecule has 0 aromatic rings. The zero-order chi connectivity index (χ0) is 9.28. The van der Waals surface area contributed by atoms with E-state index < -0.39 is 24.6 Å². The molecule has 0 saturated carbocycles. The molecule has 0 bridgehead atoms. The van der Waals surface area contributed by atoms with Crippen LogP contribution >= 0.6 is 0 Å². The van der Waals surface area contributed by atoms with Crippen LogP contribution in [-0.2, 0) is 0 Å². The van der Waals surface area contributed by atoms with Gasteiger partial charge < -0.3 is 5.11 Å². The van der Waals surface area contributed by atoms with Gasteiger partial charge in [-0.15, -0.1) is 0 Å². The van der Waals surface area contributed by atoms with Crippen molar-refractivity contribution < 1.29 is 27.1 Å². The van der Waals surface area contributed by atoms with E-state index in [9.17, 15) is 22.0 Å². The zero-order valence-corrected chi connectivity index (χ0v) is 5.62. The minimum atomic E-state index is -5.66. The first-order chi connectivity index (χ1) is 4.73. The predicted molar refractivity (Wildman–Crippen MR) is 27.3 cm³/mol. The SMILES string of the molecule is CCC(O)C(F)(F)C(F)(F)F. The van der Waals surface area contributed by atoms with Gasteiger partial charge in [0.25, 0.3) is 0 Å². The van der Waals surface area contributed by atoms with Crippen LogP contribution in [0, 0.1) is 0 Å². The summed E-state index contributed by atoms with van der Waals surface area (Å²) >= 11 is 0. The number of hydrogen-bond acceptors (Lipinski definition) is 1. The largest absolute Gasteiger partial charge is 0.456 e. The van der Waals surface area contributed by atoms with E-state index in [2.05, 4.69) is 0 Å². The molecule has 0 aromatic heterocycles. The second-order valence-corrected chi connectivity index (χ2v) is 2.04. The number of halogens is 5. The van der Waals surface area contributed by atoms with E-state index in [1.807, 2.05) is 0 Å². The number of rotatable bonds is 2. The number of aliphatic hydroxyl groups is 1. The van der Waals surface area contributed by atoms with Gasteiger partial charge in [0.05, 0.1) is 0 Å². The van der Waals surface area contributed by atoms with E-state index in [4.69, 9.17) is 5.11 Å². The normalized spacial score (nSPS) is 16.6. The van der Waals surface area contributed by atoms with Crippen LogP contribution in [0.5, 0.6) is 0 Å². The third-order valence-corrected chi connectivity index (χ3v) is 1.18. The molecule has 0 fully saturated rings. The molecule has 0 heterocycles. The average molecular weight is 178 g/mol. The van der Waals surface area contributed by atoms with Gasteiger partial charge >= 0.3 is 12.1 Å². The van der Waals surface area contributed by atoms with Gasteiger partial charge in [0.15, 0.2) is 0 Å². The topological polar surface area (TPSA) is 20.2 Å². The molecule has 0 aliphatic heterocycles. The molecule has 0 aliphatic rings. The molecule has 0 radical (unpaired) electrons. The Morgan fingerprint density at radius 1 is 1.18 bits per heavy atom. The van der Waals surface area contributed by atoms with Crippen molar-refractivity contribution in [2.75, 3.05) is 0 Å². The molecule has 1 N–H and O–H groups in total. The first-order valence-electron chi connectivity index (χ1n) is 2.86. The van der Waals surface area contributed by atoms with E-state index in [-0.39, 0.29) is 0 Å². The molecule has 0 aromatic carbocycles. The Bertz CT molecular complexity index is 129. The summed E-state index contributed by atoms with van der Waals surface area (Å²) in [7, 11) is 0. The van der Waals surface area contributed by atoms with Crippen molar-refractivity contribution in [2.24, 2.45) is 0 Å². The zero-order valence-electron chi connectivity index (χ0n) is 5.62. The van der Waals surface area contributed by atoms with Crippen molar-refractivity contribution in [2.45, 2.75) is 31.5 Å². The highest BCUT2D eigenvalue weighted by atomic mass is 19.4. The summed E-state index contributed by atoms with van der Waals surface area (Å²) in [6.45, 7) is 1.05. The van der Waals surface area contributed by atoms with E-state index in [0.29, 0.717) is 0 Å². The first-order valence-corrected chi connectivity index (χ1v) is 2.86. The molecule has 0 amide bonds. The van der Waals surface area contributed by atoms with Crippen LogP contribution < -0.4 is 0 Å². The van der Waals surface area contributed by atoms with Gasteiger partial charge in [-0.3, -0.25) is 0 Å². The Labute approximate surface area is 59.8 Å². The second-order valence-electron chi connectivity index (χ2n) is 2.04. The third kappa shape index (κ3) is 2.02. The Kier molecular flexibility index (Phi) is 2.82. The lowest BCUT2D eigenvalue weighted by Crippen LogP contribution is -2.46. The van der Waals surface area contributed by atoms with Gasteiger partial charge in [0, 0.05) is 0 Å². The van der Waals surface area contributed by atoms with E-state index in [1.54, 1.807) is 0 Å². The molecular formula is C5H7F5O. The standard InChI is InChI=1S/C5H7F5O/c1-2-3(11)4(6,7)5(8,9)10/h3,11H,2H2,1H3. The van der Waals surface area contributed by atoms with Gasteiger partial charge in [-0.25, -0.2) is 0 Å². The van der Waals surface area contributed by atoms with Gasteiger partial charge in [0.1, 0.15) is 6.10 Å². The van der Waals surface area contributed by atoms with Gasteiger partial charge in [0.2, 0.25) is 0 Å². The van der Waals surface area contributed by atoms with E-state index in [1.165, 1.54) is 0 Å². The summed E-state index contributed by atoms with van der Waals surface area (Å²) in [6, 6.07) is 0. The maximum absolute atomic E-state index is 11.9. The average Bonchev–Trinajstić information content (AvgIpc) is 1.83. The summed E-state index contributed by atoms with van der Waals surface area (Å²) in [5.74, 6) is -5.00. The number of hydrogen-bond donors (Lipinski definition) is 1. The second kappa shape index (κ2) is 2.92. The number of alkyl halides is 5. The summed E-state index contributed by atoms with van der Waals surface area (Å²) in [6.07, 6.45) is -8.95. The summed E-state index contributed by atoms with van der Waals surface area (Å²) in [5, 5.41) is 8.25. The van der Waals surface area contributed by atoms with E-state index in [0.717, 1.165) is 6.92 Å². The highest BCUT2D eigenvalue weighted by Crippen LogP contribution is 2.38. The minimum absolute atomic E-state index is 0.632. The molecule has 1 unspecified atom stereocenters. The van der Waals surface area contributed by atoms with Crippen molar-refractivity contribution in [3.05, 3.63) is 0 Å². The maximum Gasteiger partial charge on any atom is 0.456 e. The molecule has 1 nitrogen and oxygen atoms in total. The van der Waals surface area contributed by atoms with Gasteiger partial charge in [-0.2, -0.15) is 22.0 Å². The van der Waals surface area contributed by atoms with Crippen LogP contribution in [0.15, 0.2) is 0 Å². The fraction of sp³-hybridized carbons (Fsp3) is 1.00. The van der Waals surface area contributed by atoms with Crippen LogP contribution in [0.2, 0.25) is 0 Å². The van der Waals surface area contributed by atoms with Crippen LogP contribution in [-0.4, -0.2) is 23.3 Å². The Balaban J connectivity index is 4.45. The minimum Gasteiger partial charge on any atom is -0.386 e. The molecule has 0 aliphatic carbocycles. The lowest BCUT2D eigenvalue weighted by molar-refractivity contribution is -0.312. The quantitative estimate of drug-likeness (QED) is 0.641. The smallest absolute Gasteiger partial charge is 0.386 e. The molecule has 0 rings (SSSR count). The third-order valence-electron chi connectivity index (χ3n) is 1.18. The summed E-state index contributed by atoms with van der Waals surface area (Å²) in [5.41, 5.74) is 0. The first kappa shape index (κ1) is 10.6. The molecule has 1 atom stereocenters. The lowest BCUT2D eigenvalue weighted by atomic mass is 10.1. The van der Waals surface area contributed by atoms with Crippen molar-refractivity contribution >= 4 is 0 Å². The monoisotopic (exact) mass is 178 g/mol. The number of aliphatic hydroxyl groups excluding tert-OH is 1. The van der Waals surface area contributed by atoms with Crippen molar-refractivity contribution in [1.29, 1.82) is 0 Å². The van der Waals surface area contributed by atoms with Crippen molar-refractivity contribution in [3.63, 3.8) is 0 Å². The lowest BCUT2D eigenvalue weighted by Gasteiger charge is -2.23. The molecule has 68 valence electrons. The van der Waals surface area contributed by atoms with E-state index >= 15 is 0 Å². The van der Waals surface area contributed by atoms with Gasteiger partial charge in [-0.1, -0.05) is 6.92 Å². The fourth-order valence-corrected chi connectivity index (χ4v) is 0.445. The highest BCUT2D eigenvalue weighted by Gasteiger charge is 2.61. The van der Waals surface area contributed by atoms with Gasteiger partial charge in [-0.05, 0) is 6.42 Å². The molecule has 6 heteroatoms. The van der Waals surface area contributed by atoms with Crippen molar-refractivity contribution in [1.82, 2.24) is 0 Å². The Morgan fingerprint density at radius 3 is 1.64 bits per heavy atom. The van der Waals surface area contributed by atoms with Crippen LogP contribution in [0.4, 0.5) is 22.0 Å². The molecule has 0 saturated heterocycles. The van der Waals surface area contributed by atoms with Crippen molar-refractivity contribution in [3.8, 4) is 0 Å². The van der Waals surface area contributed by atoms with Crippen LogP contribution in [0.1, 0.15) is 13.3 Å². The van der Waals surface area contributed by atoms with Crippen LogP contribution in [0.3, 0.4) is 0 Å². The Morgan fingerprint density at radius 2 is 1.55 bits per heavy atom. The fourth-order valence-electron chi connectivity index (χ4n) is 0.445. The van der Waals surface area contributed by atoms with Crippen LogP contribution in [0.25, 0.3) is 0 Å².